The molecule has 3 fully saturated rings. The van der Waals surface area contributed by atoms with Crippen molar-refractivity contribution < 1.29 is 0 Å². The molecule has 3 heterocycles. The van der Waals surface area contributed by atoms with Gasteiger partial charge in [-0.15, -0.1) is 0 Å². The molecule has 3 aliphatic rings. The van der Waals surface area contributed by atoms with Gasteiger partial charge in [-0.3, -0.25) is 4.90 Å². The third-order valence-electron chi connectivity index (χ3n) is 5.45. The van der Waals surface area contributed by atoms with E-state index in [-0.39, 0.29) is 0 Å². The van der Waals surface area contributed by atoms with Gasteiger partial charge in [-0.1, -0.05) is 6.92 Å². The zero-order valence-electron chi connectivity index (χ0n) is 12.1. The largest absolute Gasteiger partial charge is 0.311 e. The van der Waals surface area contributed by atoms with Crippen molar-refractivity contribution in [1.29, 1.82) is 0 Å². The van der Waals surface area contributed by atoms with E-state index >= 15 is 0 Å². The van der Waals surface area contributed by atoms with Crippen LogP contribution in [0.5, 0.6) is 0 Å². The summed E-state index contributed by atoms with van der Waals surface area (Å²) in [5, 5.41) is 3.68. The number of piperazine rings is 1. The molecule has 18 heavy (non-hydrogen) atoms. The zero-order chi connectivity index (χ0) is 12.5. The van der Waals surface area contributed by atoms with E-state index in [2.05, 4.69) is 29.0 Å². The molecule has 0 amide bonds. The van der Waals surface area contributed by atoms with E-state index in [0.717, 1.165) is 24.2 Å². The second-order valence-corrected chi connectivity index (χ2v) is 6.57. The molecule has 3 saturated heterocycles. The zero-order valence-corrected chi connectivity index (χ0v) is 12.1. The van der Waals surface area contributed by atoms with Crippen LogP contribution < -0.4 is 5.32 Å². The van der Waals surface area contributed by atoms with Crippen LogP contribution in [0, 0.1) is 0 Å². The van der Waals surface area contributed by atoms with E-state index in [4.69, 9.17) is 0 Å². The summed E-state index contributed by atoms with van der Waals surface area (Å²) in [6, 6.07) is 3.22. The van der Waals surface area contributed by atoms with Gasteiger partial charge in [0.25, 0.3) is 0 Å². The number of nitrogens with zero attached hydrogens (tertiary/aromatic N) is 2. The van der Waals surface area contributed by atoms with E-state index in [1.54, 1.807) is 0 Å². The minimum atomic E-state index is 0.725. The minimum absolute atomic E-state index is 0.725. The molecule has 0 aromatic carbocycles. The van der Waals surface area contributed by atoms with Gasteiger partial charge in [0, 0.05) is 37.3 Å². The summed E-state index contributed by atoms with van der Waals surface area (Å²) in [5.41, 5.74) is 0. The molecular formula is C15H29N3. The Morgan fingerprint density at radius 2 is 2.06 bits per heavy atom. The van der Waals surface area contributed by atoms with Crippen LogP contribution in [0.3, 0.4) is 0 Å². The first kappa shape index (κ1) is 12.9. The number of hydrogen-bond acceptors (Lipinski definition) is 3. The smallest absolute Gasteiger partial charge is 0.0196 e. The summed E-state index contributed by atoms with van der Waals surface area (Å²) in [4.78, 5) is 5.56. The van der Waals surface area contributed by atoms with Crippen molar-refractivity contribution in [3.8, 4) is 0 Å². The number of rotatable bonds is 2. The van der Waals surface area contributed by atoms with Crippen molar-refractivity contribution in [3.05, 3.63) is 0 Å². The topological polar surface area (TPSA) is 18.5 Å². The maximum absolute atomic E-state index is 3.68. The van der Waals surface area contributed by atoms with Crippen molar-refractivity contribution in [2.45, 2.75) is 70.1 Å². The highest BCUT2D eigenvalue weighted by Crippen LogP contribution is 2.30. The fraction of sp³-hybridized carbons (Fsp3) is 1.00. The van der Waals surface area contributed by atoms with E-state index in [1.165, 1.54) is 58.3 Å². The van der Waals surface area contributed by atoms with Gasteiger partial charge >= 0.3 is 0 Å². The standard InChI is InChI=1S/C15H29N3/c1-3-13-11-18(12(2)10-16-13)15-6-8-17-7-4-5-14(17)9-15/h12-16H,3-11H2,1-2H3. The van der Waals surface area contributed by atoms with Crippen LogP contribution in [-0.4, -0.2) is 60.1 Å². The monoisotopic (exact) mass is 251 g/mol. The molecule has 104 valence electrons. The molecular weight excluding hydrogens is 222 g/mol. The van der Waals surface area contributed by atoms with Crippen LogP contribution in [0.2, 0.25) is 0 Å². The molecule has 0 spiro atoms. The molecule has 0 aromatic heterocycles. The molecule has 3 aliphatic heterocycles. The SMILES string of the molecule is CCC1CN(C2CCN3CCCC3C2)C(C)CN1. The third-order valence-corrected chi connectivity index (χ3v) is 5.45. The first-order valence-corrected chi connectivity index (χ1v) is 8.01. The predicted octanol–water partition coefficient (Wildman–Crippen LogP) is 1.69. The Bertz CT molecular complexity index is 281. The van der Waals surface area contributed by atoms with Crippen molar-refractivity contribution in [1.82, 2.24) is 15.1 Å². The fourth-order valence-electron chi connectivity index (χ4n) is 4.24. The Kier molecular flexibility index (Phi) is 3.92. The molecule has 1 N–H and O–H groups in total. The lowest BCUT2D eigenvalue weighted by Gasteiger charge is -2.47. The normalized spacial score (nSPS) is 43.0. The first-order chi connectivity index (χ1) is 8.78. The van der Waals surface area contributed by atoms with Crippen LogP contribution in [0.25, 0.3) is 0 Å². The number of hydrogen-bond donors (Lipinski definition) is 1. The summed E-state index contributed by atoms with van der Waals surface area (Å²) < 4.78 is 0. The maximum Gasteiger partial charge on any atom is 0.0196 e. The van der Waals surface area contributed by atoms with E-state index in [0.29, 0.717) is 0 Å². The number of fused-ring (bicyclic) bond motifs is 1. The van der Waals surface area contributed by atoms with Gasteiger partial charge in [0.15, 0.2) is 0 Å². The second kappa shape index (κ2) is 5.48. The Labute approximate surface area is 112 Å². The van der Waals surface area contributed by atoms with Crippen LogP contribution in [0.15, 0.2) is 0 Å². The molecule has 3 nitrogen and oxygen atoms in total. The second-order valence-electron chi connectivity index (χ2n) is 6.57. The molecule has 0 bridgehead atoms. The van der Waals surface area contributed by atoms with E-state index in [1.807, 2.05) is 0 Å². The average molecular weight is 251 g/mol. The van der Waals surface area contributed by atoms with Crippen molar-refractivity contribution >= 4 is 0 Å². The lowest BCUT2D eigenvalue weighted by molar-refractivity contribution is 0.0361. The maximum atomic E-state index is 3.68. The minimum Gasteiger partial charge on any atom is -0.311 e. The summed E-state index contributed by atoms with van der Waals surface area (Å²) in [6.07, 6.45) is 6.99. The van der Waals surface area contributed by atoms with Crippen molar-refractivity contribution in [2.75, 3.05) is 26.2 Å². The number of nitrogens with one attached hydrogen (secondary N) is 1. The van der Waals surface area contributed by atoms with Gasteiger partial charge in [0.2, 0.25) is 0 Å². The molecule has 4 atom stereocenters. The lowest BCUT2D eigenvalue weighted by atomic mass is 9.93. The summed E-state index contributed by atoms with van der Waals surface area (Å²) >= 11 is 0. The Morgan fingerprint density at radius 1 is 1.17 bits per heavy atom. The predicted molar refractivity (Wildman–Crippen MR) is 75.9 cm³/mol. The molecule has 0 aliphatic carbocycles. The molecule has 0 radical (unpaired) electrons. The summed E-state index contributed by atoms with van der Waals surface area (Å²) in [6.45, 7) is 9.89. The van der Waals surface area contributed by atoms with E-state index < -0.39 is 0 Å². The van der Waals surface area contributed by atoms with Gasteiger partial charge in [-0.25, -0.2) is 0 Å². The lowest BCUT2D eigenvalue weighted by Crippen LogP contribution is -2.60. The highest BCUT2D eigenvalue weighted by Gasteiger charge is 2.37. The summed E-state index contributed by atoms with van der Waals surface area (Å²) in [5.74, 6) is 0. The van der Waals surface area contributed by atoms with Gasteiger partial charge in [0.1, 0.15) is 0 Å². The molecule has 0 saturated carbocycles. The van der Waals surface area contributed by atoms with Crippen LogP contribution in [-0.2, 0) is 0 Å². The van der Waals surface area contributed by atoms with Gasteiger partial charge in [0.05, 0.1) is 0 Å². The number of piperidine rings is 1. The van der Waals surface area contributed by atoms with Crippen molar-refractivity contribution in [3.63, 3.8) is 0 Å². The highest BCUT2D eigenvalue weighted by atomic mass is 15.3. The third kappa shape index (κ3) is 2.45. The average Bonchev–Trinajstić information content (AvgIpc) is 2.86. The molecule has 0 aromatic rings. The molecule has 3 rings (SSSR count). The molecule has 3 heteroatoms. The van der Waals surface area contributed by atoms with Crippen LogP contribution >= 0.6 is 0 Å². The van der Waals surface area contributed by atoms with Crippen LogP contribution in [0.1, 0.15) is 46.0 Å². The fourth-order valence-corrected chi connectivity index (χ4v) is 4.24. The van der Waals surface area contributed by atoms with E-state index in [9.17, 15) is 0 Å². The van der Waals surface area contributed by atoms with Gasteiger partial charge in [-0.05, 0) is 52.1 Å². The van der Waals surface area contributed by atoms with Crippen LogP contribution in [0.4, 0.5) is 0 Å². The van der Waals surface area contributed by atoms with Gasteiger partial charge < -0.3 is 10.2 Å². The van der Waals surface area contributed by atoms with Crippen molar-refractivity contribution in [2.24, 2.45) is 0 Å². The van der Waals surface area contributed by atoms with Gasteiger partial charge in [-0.2, -0.15) is 0 Å². The Hall–Kier alpha value is -0.120. The first-order valence-electron chi connectivity index (χ1n) is 8.01. The summed E-state index contributed by atoms with van der Waals surface area (Å²) in [7, 11) is 0. The molecule has 4 unspecified atom stereocenters. The Morgan fingerprint density at radius 3 is 2.89 bits per heavy atom. The highest BCUT2D eigenvalue weighted by molar-refractivity contribution is 4.94. The quantitative estimate of drug-likeness (QED) is 0.806. The Balaban J connectivity index is 1.62.